The Bertz CT molecular complexity index is 1310. The minimum absolute atomic E-state index is 0.0187. The molecule has 4 rings (SSSR count). The number of rotatable bonds is 5. The number of ketones is 4. The van der Waals surface area contributed by atoms with Crippen LogP contribution < -0.4 is 11.1 Å². The first-order valence-electron chi connectivity index (χ1n) is 13.1. The van der Waals surface area contributed by atoms with Crippen LogP contribution in [0.3, 0.4) is 0 Å². The van der Waals surface area contributed by atoms with E-state index in [2.05, 4.69) is 5.32 Å². The normalized spacial score (nSPS) is 29.9. The number of likely N-dealkylation sites (N-methyl/N-ethyl adjacent to an activating group) is 1. The summed E-state index contributed by atoms with van der Waals surface area (Å²) >= 11 is 0. The third-order valence-corrected chi connectivity index (χ3v) is 8.10. The van der Waals surface area contributed by atoms with Crippen molar-refractivity contribution in [2.75, 3.05) is 20.7 Å². The van der Waals surface area contributed by atoms with E-state index in [4.69, 9.17) is 10.5 Å². The predicted octanol–water partition coefficient (Wildman–Crippen LogP) is 0.139. The minimum atomic E-state index is -2.78. The molecular formula is C28H35N3O9. The zero-order valence-electron chi connectivity index (χ0n) is 23.1. The Morgan fingerprint density at radius 1 is 1.15 bits per heavy atom. The first-order valence-corrected chi connectivity index (χ1v) is 13.1. The average Bonchev–Trinajstić information content (AvgIpc) is 2.83. The largest absolute Gasteiger partial charge is 0.507 e. The number of hydrogen-bond acceptors (Lipinski definition) is 10. The van der Waals surface area contributed by atoms with Crippen molar-refractivity contribution in [3.8, 4) is 5.75 Å². The fraction of sp³-hybridized carbons (Fsp3) is 0.571. The van der Waals surface area contributed by atoms with Crippen LogP contribution in [0.25, 0.3) is 0 Å². The van der Waals surface area contributed by atoms with E-state index < -0.39 is 70.4 Å². The number of aliphatic hydroxyl groups is 1. The van der Waals surface area contributed by atoms with Crippen molar-refractivity contribution < 1.29 is 43.7 Å². The molecule has 1 aromatic rings. The van der Waals surface area contributed by atoms with Crippen LogP contribution in [0.4, 0.5) is 4.79 Å². The summed E-state index contributed by atoms with van der Waals surface area (Å²) in [7, 11) is 3.05. The maximum absolute atomic E-state index is 13.8. The third kappa shape index (κ3) is 4.68. The molecule has 6 atom stereocenters. The number of aromatic hydroxyl groups is 1. The van der Waals surface area contributed by atoms with Crippen LogP contribution >= 0.6 is 0 Å². The van der Waals surface area contributed by atoms with Crippen LogP contribution in [0.15, 0.2) is 12.1 Å². The second-order valence-electron chi connectivity index (χ2n) is 12.4. The molecule has 12 nitrogen and oxygen atoms in total. The molecule has 0 heterocycles. The topological polar surface area (TPSA) is 193 Å². The highest BCUT2D eigenvalue weighted by Crippen LogP contribution is 2.51. The number of carbonyl (C=O) groups is 6. The van der Waals surface area contributed by atoms with Gasteiger partial charge >= 0.3 is 6.09 Å². The molecule has 12 heteroatoms. The van der Waals surface area contributed by atoms with Gasteiger partial charge in [-0.15, -0.1) is 0 Å². The zero-order valence-corrected chi connectivity index (χ0v) is 23.1. The average molecular weight is 558 g/mol. The Hall–Kier alpha value is -3.64. The summed E-state index contributed by atoms with van der Waals surface area (Å²) < 4.78 is 5.23. The number of ether oxygens (including phenoxy) is 1. The molecule has 2 saturated carbocycles. The molecule has 0 spiro atoms. The molecule has 3 aliphatic rings. The van der Waals surface area contributed by atoms with Crippen molar-refractivity contribution in [3.05, 3.63) is 28.8 Å². The number of alkyl carbamates (subject to hydrolysis) is 1. The monoisotopic (exact) mass is 557 g/mol. The van der Waals surface area contributed by atoms with Gasteiger partial charge in [0.2, 0.25) is 5.91 Å². The second kappa shape index (κ2) is 10.1. The number of benzene rings is 1. The van der Waals surface area contributed by atoms with Gasteiger partial charge in [-0.1, -0.05) is 26.8 Å². The summed E-state index contributed by atoms with van der Waals surface area (Å²) in [4.78, 5) is 79.7. The molecule has 0 aromatic heterocycles. The highest BCUT2D eigenvalue weighted by Gasteiger charge is 2.69. The summed E-state index contributed by atoms with van der Waals surface area (Å²) in [6, 6.07) is 1.65. The predicted molar refractivity (Wildman–Crippen MR) is 139 cm³/mol. The number of Topliss-reactive ketones (excluding diaryl/α,β-unsaturated/α-hetero) is 4. The first kappa shape index (κ1) is 29.3. The number of nitrogens with zero attached hydrogens (tertiary/aromatic N) is 1. The maximum atomic E-state index is 13.8. The second-order valence-corrected chi connectivity index (χ2v) is 12.4. The Morgan fingerprint density at radius 2 is 1.80 bits per heavy atom. The first-order chi connectivity index (χ1) is 18.5. The van der Waals surface area contributed by atoms with Gasteiger partial charge in [-0.25, -0.2) is 4.79 Å². The van der Waals surface area contributed by atoms with Gasteiger partial charge < -0.3 is 26.0 Å². The molecule has 0 aliphatic heterocycles. The van der Waals surface area contributed by atoms with Crippen LogP contribution in [-0.4, -0.2) is 82.6 Å². The molecule has 0 saturated heterocycles. The lowest BCUT2D eigenvalue weighted by Crippen LogP contribution is -2.74. The zero-order chi connectivity index (χ0) is 29.9. The van der Waals surface area contributed by atoms with E-state index >= 15 is 0 Å². The summed E-state index contributed by atoms with van der Waals surface area (Å²) in [5, 5.41) is 24.8. The third-order valence-electron chi connectivity index (χ3n) is 8.10. The number of fused-ring (bicyclic) bond motifs is 3. The molecule has 0 bridgehead atoms. The smallest absolute Gasteiger partial charge is 0.407 e. The van der Waals surface area contributed by atoms with Crippen molar-refractivity contribution >= 4 is 35.1 Å². The van der Waals surface area contributed by atoms with Crippen molar-refractivity contribution in [3.63, 3.8) is 0 Å². The highest BCUT2D eigenvalue weighted by molar-refractivity contribution is 6.32. The van der Waals surface area contributed by atoms with Gasteiger partial charge in [-0.3, -0.25) is 28.9 Å². The number of amides is 2. The minimum Gasteiger partial charge on any atom is -0.507 e. The molecular weight excluding hydrogens is 522 g/mol. The molecule has 40 heavy (non-hydrogen) atoms. The molecule has 2 fully saturated rings. The Labute approximate surface area is 231 Å². The van der Waals surface area contributed by atoms with Gasteiger partial charge in [0.15, 0.2) is 34.7 Å². The van der Waals surface area contributed by atoms with Crippen molar-refractivity contribution in [2.45, 2.75) is 51.8 Å². The van der Waals surface area contributed by atoms with Gasteiger partial charge in [0.1, 0.15) is 5.75 Å². The van der Waals surface area contributed by atoms with Crippen molar-refractivity contribution in [1.82, 2.24) is 10.2 Å². The Kier molecular flexibility index (Phi) is 7.39. The van der Waals surface area contributed by atoms with E-state index in [-0.39, 0.29) is 42.7 Å². The lowest BCUT2D eigenvalue weighted by molar-refractivity contribution is -0.181. The van der Waals surface area contributed by atoms with E-state index in [0.29, 0.717) is 11.1 Å². The quantitative estimate of drug-likeness (QED) is 0.362. The van der Waals surface area contributed by atoms with Gasteiger partial charge in [0.25, 0.3) is 0 Å². The number of primary amides is 1. The number of phenols is 1. The number of hydrogen-bond donors (Lipinski definition) is 4. The number of carbonyl (C=O) groups excluding carboxylic acids is 6. The van der Waals surface area contributed by atoms with Gasteiger partial charge in [0, 0.05) is 12.5 Å². The highest BCUT2D eigenvalue weighted by atomic mass is 16.5. The van der Waals surface area contributed by atoms with Crippen LogP contribution in [0.5, 0.6) is 5.75 Å². The van der Waals surface area contributed by atoms with E-state index in [1.54, 1.807) is 6.07 Å². The molecule has 3 aliphatic carbocycles. The molecule has 5 N–H and O–H groups in total. The van der Waals surface area contributed by atoms with E-state index in [9.17, 15) is 39.0 Å². The molecule has 2 amide bonds. The fourth-order valence-electron chi connectivity index (χ4n) is 6.34. The number of phenolic OH excluding ortho intramolecular Hbond substituents is 1. The number of nitrogens with one attached hydrogen (secondary N) is 1. The standard InChI is InChI=1S/C28H35N3O9/c1-27(2,3)11-40-26(38)30-10-12-6-7-16(32)18-14(12)8-13-9-15-20(31(4)5)22(34)19(25(29)37)24(36)28(15,39)23(35)17(13)21(18)33/h6-7,13,15,17,19-20,32,39H,8-11H2,1-5H3,(H2,29,37)(H,30,38)/t13-,15-,17?,19?,20-,28-/m0/s1. The van der Waals surface area contributed by atoms with E-state index in [0.717, 1.165) is 0 Å². The van der Waals surface area contributed by atoms with E-state index in [1.165, 1.54) is 25.1 Å². The van der Waals surface area contributed by atoms with Gasteiger partial charge in [-0.2, -0.15) is 0 Å². The van der Waals surface area contributed by atoms with Crippen molar-refractivity contribution in [1.29, 1.82) is 0 Å². The van der Waals surface area contributed by atoms with Crippen LogP contribution in [-0.2, 0) is 36.9 Å². The van der Waals surface area contributed by atoms with Gasteiger partial charge in [-0.05, 0) is 55.5 Å². The molecule has 1 aromatic carbocycles. The molecule has 2 unspecified atom stereocenters. The van der Waals surface area contributed by atoms with E-state index in [1.807, 2.05) is 20.8 Å². The molecule has 216 valence electrons. The lowest BCUT2D eigenvalue weighted by Gasteiger charge is -2.52. The summed E-state index contributed by atoms with van der Waals surface area (Å²) in [5.41, 5.74) is 3.12. The summed E-state index contributed by atoms with van der Waals surface area (Å²) in [6.45, 7) is 5.89. The van der Waals surface area contributed by atoms with Crippen LogP contribution in [0.1, 0.15) is 48.7 Å². The Morgan fingerprint density at radius 3 is 2.38 bits per heavy atom. The van der Waals surface area contributed by atoms with Crippen LogP contribution in [0, 0.1) is 29.1 Å². The molecule has 0 radical (unpaired) electrons. The van der Waals surface area contributed by atoms with Crippen molar-refractivity contribution in [2.24, 2.45) is 34.8 Å². The maximum Gasteiger partial charge on any atom is 0.407 e. The van der Waals surface area contributed by atoms with Gasteiger partial charge in [0.05, 0.1) is 24.1 Å². The fourth-order valence-corrected chi connectivity index (χ4v) is 6.34. The SMILES string of the molecule is CN(C)[C@@H]1C(=O)C(C(N)=O)C(=O)[C@@]2(O)C(=O)C3C(=O)c4c(O)ccc(CNC(=O)OCC(C)(C)C)c4C[C@H]3C[C@@H]12. The van der Waals surface area contributed by atoms with Crippen LogP contribution in [0.2, 0.25) is 0 Å². The lowest BCUT2D eigenvalue weighted by atomic mass is 9.52. The number of nitrogens with two attached hydrogens (primary N) is 1. The Balaban J connectivity index is 1.70. The summed E-state index contributed by atoms with van der Waals surface area (Å²) in [6.07, 6.45) is -0.610. The summed E-state index contributed by atoms with van der Waals surface area (Å²) in [5.74, 6) is -11.1.